The van der Waals surface area contributed by atoms with Crippen LogP contribution >= 0.6 is 11.8 Å². The largest absolute Gasteiger partial charge is 0.492 e. The van der Waals surface area contributed by atoms with Crippen molar-refractivity contribution in [1.29, 1.82) is 0 Å². The van der Waals surface area contributed by atoms with E-state index in [0.717, 1.165) is 31.1 Å². The van der Waals surface area contributed by atoms with Gasteiger partial charge in [-0.25, -0.2) is 0 Å². The maximum Gasteiger partial charge on any atom is 0.119 e. The van der Waals surface area contributed by atoms with Crippen LogP contribution < -0.4 is 10.1 Å². The zero-order valence-electron chi connectivity index (χ0n) is 18.7. The predicted octanol–water partition coefficient (Wildman–Crippen LogP) is 7.04. The average Bonchev–Trinajstić information content (AvgIpc) is 3.26. The summed E-state index contributed by atoms with van der Waals surface area (Å²) in [6, 6.07) is 9.06. The first-order valence-corrected chi connectivity index (χ1v) is 11.5. The molecule has 158 valence electrons. The fraction of sp³-hybridized carbons (Fsp3) is 0.520. The van der Waals surface area contributed by atoms with Gasteiger partial charge in [-0.3, -0.25) is 0 Å². The van der Waals surface area contributed by atoms with Gasteiger partial charge in [0.05, 0.1) is 0 Å². The Bertz CT molecular complexity index is 544. The minimum Gasteiger partial charge on any atom is -0.492 e. The summed E-state index contributed by atoms with van der Waals surface area (Å²) in [5.41, 5.74) is 1.34. The van der Waals surface area contributed by atoms with Crippen molar-refractivity contribution in [2.75, 3.05) is 18.9 Å². The van der Waals surface area contributed by atoms with Crippen LogP contribution in [0.3, 0.4) is 0 Å². The molecule has 3 heteroatoms. The molecule has 1 aromatic rings. The van der Waals surface area contributed by atoms with Gasteiger partial charge in [-0.1, -0.05) is 51.1 Å². The molecule has 1 heterocycles. The molecule has 1 fully saturated rings. The van der Waals surface area contributed by atoms with Crippen LogP contribution in [0.25, 0.3) is 0 Å². The molecule has 28 heavy (non-hydrogen) atoms. The van der Waals surface area contributed by atoms with Gasteiger partial charge in [-0.15, -0.1) is 24.9 Å². The number of allylic oxidation sites excluding steroid dienone is 4. The van der Waals surface area contributed by atoms with Crippen molar-refractivity contribution < 1.29 is 4.74 Å². The van der Waals surface area contributed by atoms with E-state index in [9.17, 15) is 0 Å². The zero-order chi connectivity index (χ0) is 21.2. The number of nitrogens with one attached hydrogen (secondary N) is 1. The average molecular weight is 404 g/mol. The summed E-state index contributed by atoms with van der Waals surface area (Å²) >= 11 is 1.93. The highest BCUT2D eigenvalue weighted by Crippen LogP contribution is 2.24. The van der Waals surface area contributed by atoms with Gasteiger partial charge in [0.25, 0.3) is 0 Å². The van der Waals surface area contributed by atoms with Crippen LogP contribution in [0.5, 0.6) is 5.75 Å². The normalized spacial score (nSPS) is 16.8. The molecule has 0 bridgehead atoms. The van der Waals surface area contributed by atoms with Crippen molar-refractivity contribution in [3.05, 3.63) is 66.1 Å². The molecule has 2 unspecified atom stereocenters. The fourth-order valence-electron chi connectivity index (χ4n) is 2.54. The lowest BCUT2D eigenvalue weighted by Gasteiger charge is -2.13. The predicted molar refractivity (Wildman–Crippen MR) is 129 cm³/mol. The van der Waals surface area contributed by atoms with E-state index < -0.39 is 0 Å². The van der Waals surface area contributed by atoms with E-state index in [1.165, 1.54) is 23.3 Å². The van der Waals surface area contributed by atoms with Crippen LogP contribution in [-0.2, 0) is 6.42 Å². The molecule has 0 aliphatic carbocycles. The highest BCUT2D eigenvalue weighted by Gasteiger charge is 2.14. The third kappa shape index (κ3) is 12.1. The fourth-order valence-corrected chi connectivity index (χ4v) is 3.59. The van der Waals surface area contributed by atoms with E-state index in [-0.39, 0.29) is 0 Å². The molecule has 1 aromatic carbocycles. The summed E-state index contributed by atoms with van der Waals surface area (Å²) < 4.78 is 5.88. The molecule has 1 aliphatic rings. The van der Waals surface area contributed by atoms with Gasteiger partial charge in [0.1, 0.15) is 12.4 Å². The lowest BCUT2D eigenvalue weighted by molar-refractivity contribution is 0.277. The van der Waals surface area contributed by atoms with Crippen molar-refractivity contribution >= 4 is 11.8 Å². The van der Waals surface area contributed by atoms with Gasteiger partial charge in [-0.2, -0.15) is 0 Å². The first-order chi connectivity index (χ1) is 13.6. The van der Waals surface area contributed by atoms with Gasteiger partial charge >= 0.3 is 0 Å². The summed E-state index contributed by atoms with van der Waals surface area (Å²) in [6.45, 7) is 19.3. The number of ether oxygens (including phenoxy) is 1. The third-order valence-corrected chi connectivity index (χ3v) is 5.61. The second-order valence-corrected chi connectivity index (χ2v) is 7.76. The molecular weight excluding hydrogens is 362 g/mol. The van der Waals surface area contributed by atoms with E-state index >= 15 is 0 Å². The van der Waals surface area contributed by atoms with E-state index in [1.807, 2.05) is 38.6 Å². The van der Waals surface area contributed by atoms with Gasteiger partial charge in [0.15, 0.2) is 0 Å². The van der Waals surface area contributed by atoms with Crippen molar-refractivity contribution in [1.82, 2.24) is 5.32 Å². The summed E-state index contributed by atoms with van der Waals surface area (Å²) in [5, 5.41) is 3.46. The molecule has 2 rings (SSSR count). The van der Waals surface area contributed by atoms with Crippen LogP contribution in [0.15, 0.2) is 60.6 Å². The molecule has 2 nitrogen and oxygen atoms in total. The SMILES string of the molecule is C=CC.C=CC(C)CS/C(=C\C)Cc1ccc(OCC2CCCN2)cc1.CC. The molecule has 0 amide bonds. The van der Waals surface area contributed by atoms with Gasteiger partial charge in [0.2, 0.25) is 0 Å². The van der Waals surface area contributed by atoms with Crippen LogP contribution in [0.4, 0.5) is 0 Å². The lowest BCUT2D eigenvalue weighted by Crippen LogP contribution is -2.28. The highest BCUT2D eigenvalue weighted by atomic mass is 32.2. The minimum absolute atomic E-state index is 0.521. The lowest BCUT2D eigenvalue weighted by atomic mass is 10.1. The number of thioether (sulfide) groups is 1. The molecule has 0 radical (unpaired) electrons. The number of hydrogen-bond acceptors (Lipinski definition) is 3. The van der Waals surface area contributed by atoms with E-state index in [4.69, 9.17) is 4.74 Å². The number of hydrogen-bond donors (Lipinski definition) is 1. The number of benzene rings is 1. The van der Waals surface area contributed by atoms with Crippen LogP contribution in [0, 0.1) is 5.92 Å². The Hall–Kier alpha value is -1.45. The first-order valence-electron chi connectivity index (χ1n) is 10.6. The van der Waals surface area contributed by atoms with Gasteiger partial charge < -0.3 is 10.1 Å². The molecular formula is C25H41NOS. The van der Waals surface area contributed by atoms with Gasteiger partial charge in [0, 0.05) is 18.2 Å². The smallest absolute Gasteiger partial charge is 0.119 e. The highest BCUT2D eigenvalue weighted by molar-refractivity contribution is 8.03. The van der Waals surface area contributed by atoms with Gasteiger partial charge in [-0.05, 0) is 61.8 Å². The van der Waals surface area contributed by atoms with Crippen molar-refractivity contribution in [2.45, 2.75) is 59.9 Å². The van der Waals surface area contributed by atoms with Crippen molar-refractivity contribution in [2.24, 2.45) is 5.92 Å². The van der Waals surface area contributed by atoms with Crippen molar-refractivity contribution in [3.8, 4) is 5.75 Å². The Kier molecular flexibility index (Phi) is 16.7. The van der Waals surface area contributed by atoms with Crippen molar-refractivity contribution in [3.63, 3.8) is 0 Å². The van der Waals surface area contributed by atoms with Crippen LogP contribution in [-0.4, -0.2) is 24.9 Å². The molecule has 1 aliphatic heterocycles. The summed E-state index contributed by atoms with van der Waals surface area (Å²) in [6.07, 6.45) is 9.47. The first kappa shape index (κ1) is 26.6. The molecule has 0 saturated carbocycles. The Morgan fingerprint density at radius 2 is 1.89 bits per heavy atom. The second kappa shape index (κ2) is 17.6. The molecule has 0 aromatic heterocycles. The summed E-state index contributed by atoms with van der Waals surface area (Å²) in [5.74, 6) is 2.62. The maximum atomic E-state index is 5.88. The molecule has 2 atom stereocenters. The topological polar surface area (TPSA) is 21.3 Å². The van der Waals surface area contributed by atoms with E-state index in [2.05, 4.69) is 62.7 Å². The standard InChI is InChI=1S/C20H29NOS.C3H6.C2H6/c1-4-16(3)15-23-20(5-2)13-17-8-10-19(11-9-17)22-14-18-7-6-12-21-18;1-3-2;1-2/h4-5,8-11,16,18,21H,1,6-7,12-15H2,2-3H3;3H,1H2,2H3;1-2H3/b20-5-;;. The Morgan fingerprint density at radius 1 is 1.25 bits per heavy atom. The third-order valence-electron chi connectivity index (χ3n) is 4.17. The van der Waals surface area contributed by atoms with Crippen LogP contribution in [0.2, 0.25) is 0 Å². The molecule has 1 saturated heterocycles. The Morgan fingerprint density at radius 3 is 2.39 bits per heavy atom. The Balaban J connectivity index is 0.00000133. The second-order valence-electron chi connectivity index (χ2n) is 6.61. The quantitative estimate of drug-likeness (QED) is 0.447. The van der Waals surface area contributed by atoms with E-state index in [1.54, 1.807) is 6.08 Å². The van der Waals surface area contributed by atoms with Crippen LogP contribution in [0.1, 0.15) is 53.0 Å². The minimum atomic E-state index is 0.521. The maximum absolute atomic E-state index is 5.88. The monoisotopic (exact) mass is 403 g/mol. The Labute approximate surface area is 178 Å². The summed E-state index contributed by atoms with van der Waals surface area (Å²) in [4.78, 5) is 1.42. The zero-order valence-corrected chi connectivity index (χ0v) is 19.5. The summed E-state index contributed by atoms with van der Waals surface area (Å²) in [7, 11) is 0. The molecule has 0 spiro atoms. The molecule has 1 N–H and O–H groups in total. The number of rotatable bonds is 9. The van der Waals surface area contributed by atoms with E-state index in [0.29, 0.717) is 12.0 Å².